The first-order valence-electron chi connectivity index (χ1n) is 6.32. The summed E-state index contributed by atoms with van der Waals surface area (Å²) in [7, 11) is 0. The molecule has 1 heterocycles. The van der Waals surface area contributed by atoms with Gasteiger partial charge < -0.3 is 10.4 Å². The van der Waals surface area contributed by atoms with Crippen LogP contribution in [0, 0.1) is 0 Å². The third-order valence-corrected chi connectivity index (χ3v) is 3.60. The predicted octanol–water partition coefficient (Wildman–Crippen LogP) is 3.30. The van der Waals surface area contributed by atoms with E-state index in [1.807, 2.05) is 0 Å². The predicted molar refractivity (Wildman–Crippen MR) is 82.2 cm³/mol. The first-order valence-corrected chi connectivity index (χ1v) is 7.08. The van der Waals surface area contributed by atoms with Gasteiger partial charge in [0.1, 0.15) is 0 Å². The van der Waals surface area contributed by atoms with Crippen molar-refractivity contribution in [2.45, 2.75) is 19.1 Å². The molecule has 0 saturated carbocycles. The minimum absolute atomic E-state index is 0.353. The van der Waals surface area contributed by atoms with Crippen LogP contribution in [0.25, 0.3) is 0 Å². The summed E-state index contributed by atoms with van der Waals surface area (Å²) in [4.78, 5) is 15.9. The molecule has 2 rings (SSSR count). The van der Waals surface area contributed by atoms with Crippen LogP contribution in [0.5, 0.6) is 0 Å². The van der Waals surface area contributed by atoms with E-state index in [1.165, 1.54) is 6.20 Å². The molecular formula is C15H14Cl2N2O2. The zero-order chi connectivity index (χ0) is 15.4. The highest BCUT2D eigenvalue weighted by atomic mass is 35.5. The number of aromatic nitrogens is 1. The molecule has 2 aromatic rings. The summed E-state index contributed by atoms with van der Waals surface area (Å²) >= 11 is 11.9. The van der Waals surface area contributed by atoms with E-state index in [2.05, 4.69) is 10.3 Å². The second-order valence-electron chi connectivity index (χ2n) is 4.59. The highest BCUT2D eigenvalue weighted by Crippen LogP contribution is 2.26. The maximum absolute atomic E-state index is 12.0. The molecule has 4 nitrogen and oxygen atoms in total. The number of carbonyl (C=O) groups excluding carboxylic acids is 1. The number of nitrogens with zero attached hydrogens (tertiary/aromatic N) is 1. The van der Waals surface area contributed by atoms with Crippen LogP contribution in [0.3, 0.4) is 0 Å². The van der Waals surface area contributed by atoms with Gasteiger partial charge in [-0.25, -0.2) is 0 Å². The van der Waals surface area contributed by atoms with Gasteiger partial charge in [0, 0.05) is 28.0 Å². The standard InChI is InChI=1S/C15H14Cl2N2O2/c1-9(12-5-4-11(16)7-13(12)17)19-15(21)14(20)10-3-2-6-18-8-10/h2-9,14,20H,1H3,(H,19,21)/t9-,14?/m0/s1. The van der Waals surface area contributed by atoms with Crippen LogP contribution < -0.4 is 5.32 Å². The van der Waals surface area contributed by atoms with E-state index < -0.39 is 12.0 Å². The number of pyridine rings is 1. The summed E-state index contributed by atoms with van der Waals surface area (Å²) in [5.41, 5.74) is 1.16. The number of nitrogens with one attached hydrogen (secondary N) is 1. The Morgan fingerprint density at radius 3 is 2.71 bits per heavy atom. The van der Waals surface area contributed by atoms with E-state index in [4.69, 9.17) is 23.2 Å². The monoisotopic (exact) mass is 324 g/mol. The molecule has 2 atom stereocenters. The van der Waals surface area contributed by atoms with Crippen molar-refractivity contribution in [3.8, 4) is 0 Å². The van der Waals surface area contributed by atoms with Crippen LogP contribution in [-0.2, 0) is 4.79 Å². The Morgan fingerprint density at radius 1 is 1.33 bits per heavy atom. The maximum Gasteiger partial charge on any atom is 0.254 e. The number of amides is 1. The first kappa shape index (κ1) is 15.8. The molecule has 0 aliphatic rings. The van der Waals surface area contributed by atoms with Crippen LogP contribution in [0.15, 0.2) is 42.7 Å². The molecule has 1 unspecified atom stereocenters. The normalized spacial score (nSPS) is 13.5. The topological polar surface area (TPSA) is 62.2 Å². The minimum Gasteiger partial charge on any atom is -0.378 e. The van der Waals surface area contributed by atoms with Crippen LogP contribution >= 0.6 is 23.2 Å². The Labute approximate surface area is 132 Å². The van der Waals surface area contributed by atoms with Gasteiger partial charge in [-0.3, -0.25) is 9.78 Å². The van der Waals surface area contributed by atoms with Gasteiger partial charge in [-0.05, 0) is 30.7 Å². The molecule has 0 spiro atoms. The highest BCUT2D eigenvalue weighted by Gasteiger charge is 2.20. The van der Waals surface area contributed by atoms with Gasteiger partial charge in [-0.15, -0.1) is 0 Å². The summed E-state index contributed by atoms with van der Waals surface area (Å²) in [6.07, 6.45) is 1.75. The summed E-state index contributed by atoms with van der Waals surface area (Å²) in [6.45, 7) is 1.78. The molecule has 0 saturated heterocycles. The summed E-state index contributed by atoms with van der Waals surface area (Å²) in [5.74, 6) is -0.512. The molecule has 1 aromatic heterocycles. The zero-order valence-electron chi connectivity index (χ0n) is 11.3. The van der Waals surface area contributed by atoms with Gasteiger partial charge in [-0.1, -0.05) is 35.3 Å². The van der Waals surface area contributed by atoms with Gasteiger partial charge in [0.25, 0.3) is 5.91 Å². The lowest BCUT2D eigenvalue weighted by atomic mass is 10.1. The van der Waals surface area contributed by atoms with E-state index in [-0.39, 0.29) is 6.04 Å². The number of benzene rings is 1. The molecule has 21 heavy (non-hydrogen) atoms. The van der Waals surface area contributed by atoms with E-state index in [0.29, 0.717) is 15.6 Å². The van der Waals surface area contributed by atoms with Gasteiger partial charge >= 0.3 is 0 Å². The number of rotatable bonds is 4. The lowest BCUT2D eigenvalue weighted by Crippen LogP contribution is -2.31. The molecule has 1 amide bonds. The average Bonchev–Trinajstić information content (AvgIpc) is 2.47. The fourth-order valence-corrected chi connectivity index (χ4v) is 2.48. The molecular weight excluding hydrogens is 311 g/mol. The maximum atomic E-state index is 12.0. The SMILES string of the molecule is C[C@H](NC(=O)C(O)c1cccnc1)c1ccc(Cl)cc1Cl. The summed E-state index contributed by atoms with van der Waals surface area (Å²) < 4.78 is 0. The third kappa shape index (κ3) is 3.94. The fraction of sp³-hybridized carbons (Fsp3) is 0.200. The molecule has 6 heteroatoms. The first-order chi connectivity index (χ1) is 9.99. The second-order valence-corrected chi connectivity index (χ2v) is 5.43. The largest absolute Gasteiger partial charge is 0.378 e. The van der Waals surface area contributed by atoms with Gasteiger partial charge in [-0.2, -0.15) is 0 Å². The number of hydrogen-bond donors (Lipinski definition) is 2. The second kappa shape index (κ2) is 6.89. The lowest BCUT2D eigenvalue weighted by molar-refractivity contribution is -0.130. The number of carbonyl (C=O) groups is 1. The van der Waals surface area contributed by atoms with Crippen molar-refractivity contribution in [1.82, 2.24) is 10.3 Å². The molecule has 2 N–H and O–H groups in total. The van der Waals surface area contributed by atoms with Gasteiger partial charge in [0.2, 0.25) is 0 Å². The van der Waals surface area contributed by atoms with Crippen molar-refractivity contribution >= 4 is 29.1 Å². The summed E-state index contributed by atoms with van der Waals surface area (Å²) in [6, 6.07) is 7.99. The fourth-order valence-electron chi connectivity index (χ4n) is 1.91. The molecule has 0 bridgehead atoms. The van der Waals surface area contributed by atoms with Gasteiger partial charge in [0.05, 0.1) is 6.04 Å². The number of halogens is 2. The number of aliphatic hydroxyl groups is 1. The van der Waals surface area contributed by atoms with Crippen molar-refractivity contribution in [3.63, 3.8) is 0 Å². The average molecular weight is 325 g/mol. The quantitative estimate of drug-likeness (QED) is 0.907. The number of aliphatic hydroxyl groups excluding tert-OH is 1. The van der Waals surface area contributed by atoms with Crippen LogP contribution in [0.4, 0.5) is 0 Å². The van der Waals surface area contributed by atoms with E-state index >= 15 is 0 Å². The molecule has 0 fully saturated rings. The lowest BCUT2D eigenvalue weighted by Gasteiger charge is -2.18. The smallest absolute Gasteiger partial charge is 0.254 e. The van der Waals surface area contributed by atoms with Crippen molar-refractivity contribution in [2.75, 3.05) is 0 Å². The van der Waals surface area contributed by atoms with E-state index in [0.717, 1.165) is 5.56 Å². The van der Waals surface area contributed by atoms with E-state index in [1.54, 1.807) is 43.5 Å². The van der Waals surface area contributed by atoms with Gasteiger partial charge in [0.15, 0.2) is 6.10 Å². The summed E-state index contributed by atoms with van der Waals surface area (Å²) in [5, 5.41) is 13.7. The zero-order valence-corrected chi connectivity index (χ0v) is 12.8. The highest BCUT2D eigenvalue weighted by molar-refractivity contribution is 6.35. The van der Waals surface area contributed by atoms with Crippen molar-refractivity contribution in [3.05, 3.63) is 63.9 Å². The van der Waals surface area contributed by atoms with Crippen molar-refractivity contribution in [2.24, 2.45) is 0 Å². The van der Waals surface area contributed by atoms with Crippen LogP contribution in [0.2, 0.25) is 10.0 Å². The molecule has 1 aromatic carbocycles. The Bertz CT molecular complexity index is 635. The Morgan fingerprint density at radius 2 is 2.10 bits per heavy atom. The Kier molecular flexibility index (Phi) is 5.17. The molecule has 110 valence electrons. The van der Waals surface area contributed by atoms with Crippen LogP contribution in [-0.4, -0.2) is 16.0 Å². The van der Waals surface area contributed by atoms with E-state index in [9.17, 15) is 9.90 Å². The molecule has 0 radical (unpaired) electrons. The minimum atomic E-state index is -1.27. The van der Waals surface area contributed by atoms with Crippen molar-refractivity contribution in [1.29, 1.82) is 0 Å². The Balaban J connectivity index is 2.08. The number of hydrogen-bond acceptors (Lipinski definition) is 3. The Hall–Kier alpha value is -1.62. The molecule has 0 aliphatic heterocycles. The van der Waals surface area contributed by atoms with Crippen LogP contribution in [0.1, 0.15) is 30.2 Å². The third-order valence-electron chi connectivity index (χ3n) is 3.04. The molecule has 0 aliphatic carbocycles. The van der Waals surface area contributed by atoms with Crippen molar-refractivity contribution < 1.29 is 9.90 Å².